The molecule has 0 saturated heterocycles. The van der Waals surface area contributed by atoms with Gasteiger partial charge in [0.25, 0.3) is 5.91 Å². The van der Waals surface area contributed by atoms with Crippen LogP contribution in [0.4, 0.5) is 5.69 Å². The minimum atomic E-state index is -0.0347. The quantitative estimate of drug-likeness (QED) is 0.897. The minimum Gasteiger partial charge on any atom is -0.349 e. The lowest BCUT2D eigenvalue weighted by Gasteiger charge is -2.21. The zero-order chi connectivity index (χ0) is 15.0. The highest BCUT2D eigenvalue weighted by molar-refractivity contribution is 6.02. The van der Waals surface area contributed by atoms with Gasteiger partial charge in [-0.15, -0.1) is 0 Å². The van der Waals surface area contributed by atoms with Gasteiger partial charge in [0.1, 0.15) is 0 Å². The van der Waals surface area contributed by atoms with E-state index in [1.807, 2.05) is 12.1 Å². The summed E-state index contributed by atoms with van der Waals surface area (Å²) in [5.41, 5.74) is 2.37. The van der Waals surface area contributed by atoms with Gasteiger partial charge >= 0.3 is 0 Å². The normalized spacial score (nSPS) is 27.3. The third-order valence-electron chi connectivity index (χ3n) is 5.06. The topological polar surface area (TPSA) is 58.2 Å². The van der Waals surface area contributed by atoms with Gasteiger partial charge in [-0.05, 0) is 42.4 Å². The van der Waals surface area contributed by atoms with Gasteiger partial charge in [0, 0.05) is 17.3 Å². The Morgan fingerprint density at radius 3 is 2.90 bits per heavy atom. The molecule has 112 valence electrons. The van der Waals surface area contributed by atoms with Crippen molar-refractivity contribution in [2.45, 2.75) is 45.6 Å². The summed E-state index contributed by atoms with van der Waals surface area (Å²) in [6, 6.07) is 5.73. The molecule has 1 heterocycles. The molecule has 4 heteroatoms. The fourth-order valence-corrected chi connectivity index (χ4v) is 3.63. The number of anilines is 1. The van der Waals surface area contributed by atoms with Gasteiger partial charge in [0.2, 0.25) is 5.91 Å². The Morgan fingerprint density at radius 2 is 2.19 bits per heavy atom. The van der Waals surface area contributed by atoms with Crippen LogP contribution in [0.5, 0.6) is 0 Å². The number of fused-ring (bicyclic) bond motifs is 1. The monoisotopic (exact) mass is 286 g/mol. The molecular formula is C17H22N2O2. The summed E-state index contributed by atoms with van der Waals surface area (Å²) in [5.74, 6) is 1.22. The third kappa shape index (κ3) is 2.67. The van der Waals surface area contributed by atoms with Crippen LogP contribution >= 0.6 is 0 Å². The Hall–Kier alpha value is -1.84. The van der Waals surface area contributed by atoms with Crippen LogP contribution in [-0.4, -0.2) is 17.9 Å². The van der Waals surface area contributed by atoms with Crippen LogP contribution in [0.3, 0.4) is 0 Å². The van der Waals surface area contributed by atoms with Crippen LogP contribution in [0, 0.1) is 11.8 Å². The number of hydrogen-bond acceptors (Lipinski definition) is 2. The van der Waals surface area contributed by atoms with Gasteiger partial charge in [-0.1, -0.05) is 26.3 Å². The largest absolute Gasteiger partial charge is 0.349 e. The van der Waals surface area contributed by atoms with Crippen LogP contribution in [0.2, 0.25) is 0 Å². The molecule has 1 fully saturated rings. The van der Waals surface area contributed by atoms with E-state index in [9.17, 15) is 9.59 Å². The van der Waals surface area contributed by atoms with Crippen molar-refractivity contribution < 1.29 is 9.59 Å². The molecule has 1 saturated carbocycles. The highest BCUT2D eigenvalue weighted by atomic mass is 16.2. The zero-order valence-electron chi connectivity index (χ0n) is 12.6. The predicted molar refractivity (Wildman–Crippen MR) is 82.2 cm³/mol. The molecule has 1 aliphatic heterocycles. The summed E-state index contributed by atoms with van der Waals surface area (Å²) in [4.78, 5) is 23.8. The first-order valence-electron chi connectivity index (χ1n) is 7.82. The zero-order valence-corrected chi connectivity index (χ0v) is 12.6. The third-order valence-corrected chi connectivity index (χ3v) is 5.06. The first-order valence-corrected chi connectivity index (χ1v) is 7.82. The second-order valence-corrected chi connectivity index (χ2v) is 6.28. The average molecular weight is 286 g/mol. The number of carbonyl (C=O) groups excluding carboxylic acids is 2. The van der Waals surface area contributed by atoms with Crippen molar-refractivity contribution in [1.82, 2.24) is 5.32 Å². The number of rotatable bonds is 3. The Bertz CT molecular complexity index is 582. The number of hydrogen-bond donors (Lipinski definition) is 2. The van der Waals surface area contributed by atoms with E-state index >= 15 is 0 Å². The van der Waals surface area contributed by atoms with Crippen molar-refractivity contribution in [2.75, 3.05) is 5.32 Å². The Kier molecular flexibility index (Phi) is 3.70. The lowest BCUT2D eigenvalue weighted by atomic mass is 9.93. The van der Waals surface area contributed by atoms with E-state index in [-0.39, 0.29) is 17.9 Å². The Balaban J connectivity index is 1.69. The first-order chi connectivity index (χ1) is 10.1. The molecule has 2 aliphatic rings. The van der Waals surface area contributed by atoms with E-state index in [0.717, 1.165) is 23.6 Å². The fourth-order valence-electron chi connectivity index (χ4n) is 3.63. The summed E-state index contributed by atoms with van der Waals surface area (Å²) in [6.07, 6.45) is 3.85. The standard InChI is InChI=1S/C17H22N2O2/c1-3-11-6-7-14(10(11)2)19-17(21)13-5-4-12-9-16(20)18-15(12)8-13/h4-5,8,10-11,14H,3,6-7,9H2,1-2H3,(H,18,20)(H,19,21). The molecule has 2 amide bonds. The molecule has 1 aromatic rings. The molecule has 3 rings (SSSR count). The Labute approximate surface area is 125 Å². The second-order valence-electron chi connectivity index (χ2n) is 6.28. The highest BCUT2D eigenvalue weighted by Crippen LogP contribution is 2.34. The smallest absolute Gasteiger partial charge is 0.251 e. The summed E-state index contributed by atoms with van der Waals surface area (Å²) in [7, 11) is 0. The maximum Gasteiger partial charge on any atom is 0.251 e. The summed E-state index contributed by atoms with van der Waals surface area (Å²) in [6.45, 7) is 4.45. The van der Waals surface area contributed by atoms with Crippen LogP contribution in [-0.2, 0) is 11.2 Å². The molecule has 3 unspecified atom stereocenters. The van der Waals surface area contributed by atoms with Crippen LogP contribution in [0.25, 0.3) is 0 Å². The number of benzene rings is 1. The van der Waals surface area contributed by atoms with Crippen molar-refractivity contribution >= 4 is 17.5 Å². The van der Waals surface area contributed by atoms with Gasteiger partial charge < -0.3 is 10.6 Å². The predicted octanol–water partition coefficient (Wildman–Crippen LogP) is 2.74. The summed E-state index contributed by atoms with van der Waals surface area (Å²) < 4.78 is 0. The van der Waals surface area contributed by atoms with E-state index in [1.54, 1.807) is 6.07 Å². The number of amides is 2. The van der Waals surface area contributed by atoms with Crippen LogP contribution < -0.4 is 10.6 Å². The van der Waals surface area contributed by atoms with E-state index in [0.29, 0.717) is 17.9 Å². The van der Waals surface area contributed by atoms with Crippen molar-refractivity contribution in [3.63, 3.8) is 0 Å². The SMILES string of the molecule is CCC1CCC(NC(=O)c2ccc3c(c2)NC(=O)C3)C1C. The van der Waals surface area contributed by atoms with Crippen LogP contribution in [0.1, 0.15) is 49.0 Å². The second kappa shape index (κ2) is 5.51. The summed E-state index contributed by atoms with van der Waals surface area (Å²) in [5, 5.41) is 5.95. The van der Waals surface area contributed by atoms with Crippen molar-refractivity contribution in [1.29, 1.82) is 0 Å². The van der Waals surface area contributed by atoms with Gasteiger partial charge in [-0.25, -0.2) is 0 Å². The fraction of sp³-hybridized carbons (Fsp3) is 0.529. The van der Waals surface area contributed by atoms with Gasteiger partial charge in [0.05, 0.1) is 6.42 Å². The van der Waals surface area contributed by atoms with Crippen LogP contribution in [0.15, 0.2) is 18.2 Å². The molecule has 0 radical (unpaired) electrons. The lowest BCUT2D eigenvalue weighted by Crippen LogP contribution is -2.37. The van der Waals surface area contributed by atoms with Gasteiger partial charge in [0.15, 0.2) is 0 Å². The van der Waals surface area contributed by atoms with E-state index in [4.69, 9.17) is 0 Å². The number of nitrogens with one attached hydrogen (secondary N) is 2. The molecule has 3 atom stereocenters. The molecule has 4 nitrogen and oxygen atoms in total. The molecule has 2 N–H and O–H groups in total. The van der Waals surface area contributed by atoms with E-state index in [2.05, 4.69) is 24.5 Å². The van der Waals surface area contributed by atoms with Gasteiger partial charge in [-0.2, -0.15) is 0 Å². The Morgan fingerprint density at radius 1 is 1.38 bits per heavy atom. The molecule has 21 heavy (non-hydrogen) atoms. The van der Waals surface area contributed by atoms with E-state index in [1.165, 1.54) is 12.8 Å². The first kappa shape index (κ1) is 14.1. The highest BCUT2D eigenvalue weighted by Gasteiger charge is 2.32. The molecule has 0 bridgehead atoms. The van der Waals surface area contributed by atoms with Gasteiger partial charge in [-0.3, -0.25) is 9.59 Å². The maximum atomic E-state index is 12.4. The summed E-state index contributed by atoms with van der Waals surface area (Å²) >= 11 is 0. The maximum absolute atomic E-state index is 12.4. The van der Waals surface area contributed by atoms with Crippen molar-refractivity contribution in [3.8, 4) is 0 Å². The lowest BCUT2D eigenvalue weighted by molar-refractivity contribution is -0.115. The average Bonchev–Trinajstić information content (AvgIpc) is 3.00. The molecule has 0 spiro atoms. The van der Waals surface area contributed by atoms with Crippen molar-refractivity contribution in [2.24, 2.45) is 11.8 Å². The molecule has 1 aromatic carbocycles. The number of carbonyl (C=O) groups is 2. The van der Waals surface area contributed by atoms with Crippen molar-refractivity contribution in [3.05, 3.63) is 29.3 Å². The van der Waals surface area contributed by atoms with E-state index < -0.39 is 0 Å². The molecule has 0 aromatic heterocycles. The molecule has 1 aliphatic carbocycles. The molecular weight excluding hydrogens is 264 g/mol. The minimum absolute atomic E-state index is 0.00207.